The summed E-state index contributed by atoms with van der Waals surface area (Å²) in [7, 11) is 0. The van der Waals surface area contributed by atoms with E-state index in [-0.39, 0.29) is 0 Å². The van der Waals surface area contributed by atoms with Gasteiger partial charge in [-0.05, 0) is 27.2 Å². The second kappa shape index (κ2) is 4.90. The highest BCUT2D eigenvalue weighted by Gasteiger charge is 2.51. The van der Waals surface area contributed by atoms with Crippen LogP contribution in [0.1, 0.15) is 27.2 Å². The Kier molecular flexibility index (Phi) is 4.02. The number of rotatable bonds is 1. The van der Waals surface area contributed by atoms with Crippen LogP contribution in [-0.2, 0) is 9.53 Å². The van der Waals surface area contributed by atoms with Gasteiger partial charge in [0.2, 0.25) is 0 Å². The maximum Gasteiger partial charge on any atom is 0.411 e. The van der Waals surface area contributed by atoms with Crippen molar-refractivity contribution in [1.82, 2.24) is 4.90 Å². The molecule has 1 saturated heterocycles. The standard InChI is InChI=1S/C11H16F3NO4/c1-10(2,3)19-9(18)15-5-6(11(12,13)14)4-7(15)8(16)17/h6-7H,4-5H2,1-3H3,(H,16,17)/t6-,7+/m0/s1. The summed E-state index contributed by atoms with van der Waals surface area (Å²) in [6.07, 6.45) is -6.20. The number of nitrogens with zero attached hydrogens (tertiary/aromatic N) is 1. The molecule has 110 valence electrons. The molecule has 1 heterocycles. The lowest BCUT2D eigenvalue weighted by Crippen LogP contribution is -2.43. The maximum absolute atomic E-state index is 12.6. The highest BCUT2D eigenvalue weighted by Crippen LogP contribution is 2.37. The molecule has 2 atom stereocenters. The summed E-state index contributed by atoms with van der Waals surface area (Å²) >= 11 is 0. The Balaban J connectivity index is 2.86. The van der Waals surface area contributed by atoms with E-state index in [9.17, 15) is 22.8 Å². The first-order valence-electron chi connectivity index (χ1n) is 5.71. The van der Waals surface area contributed by atoms with Gasteiger partial charge < -0.3 is 9.84 Å². The minimum absolute atomic E-state index is 0.631. The third-order valence-electron chi connectivity index (χ3n) is 2.68. The molecule has 0 aromatic heterocycles. The number of aliphatic carboxylic acids is 1. The number of carboxylic acids is 1. The van der Waals surface area contributed by atoms with Gasteiger partial charge in [-0.2, -0.15) is 13.2 Å². The molecule has 0 spiro atoms. The molecule has 0 radical (unpaired) electrons. The number of likely N-dealkylation sites (tertiary alicyclic amines) is 1. The van der Waals surface area contributed by atoms with E-state index in [1.54, 1.807) is 20.8 Å². The molecule has 1 fully saturated rings. The van der Waals surface area contributed by atoms with Crippen LogP contribution in [0.25, 0.3) is 0 Å². The highest BCUT2D eigenvalue weighted by molar-refractivity contribution is 5.81. The van der Waals surface area contributed by atoms with Crippen LogP contribution in [0, 0.1) is 5.92 Å². The molecule has 1 aliphatic heterocycles. The van der Waals surface area contributed by atoms with Gasteiger partial charge in [0.25, 0.3) is 0 Å². The molecule has 0 bridgehead atoms. The Labute approximate surface area is 108 Å². The van der Waals surface area contributed by atoms with Gasteiger partial charge in [-0.3, -0.25) is 4.90 Å². The first-order chi connectivity index (χ1) is 8.42. The van der Waals surface area contributed by atoms with Gasteiger partial charge in [0, 0.05) is 6.54 Å². The molecule has 5 nitrogen and oxygen atoms in total. The van der Waals surface area contributed by atoms with E-state index in [2.05, 4.69) is 0 Å². The van der Waals surface area contributed by atoms with Crippen molar-refractivity contribution in [3.05, 3.63) is 0 Å². The Morgan fingerprint density at radius 3 is 2.16 bits per heavy atom. The van der Waals surface area contributed by atoms with Gasteiger partial charge >= 0.3 is 18.2 Å². The monoisotopic (exact) mass is 283 g/mol. The van der Waals surface area contributed by atoms with E-state index in [1.165, 1.54) is 0 Å². The molecular weight excluding hydrogens is 267 g/mol. The molecule has 8 heteroatoms. The number of carbonyl (C=O) groups is 2. The predicted molar refractivity (Wildman–Crippen MR) is 58.5 cm³/mol. The van der Waals surface area contributed by atoms with Gasteiger partial charge in [0.05, 0.1) is 5.92 Å². The average molecular weight is 283 g/mol. The fourth-order valence-electron chi connectivity index (χ4n) is 1.83. The summed E-state index contributed by atoms with van der Waals surface area (Å²) in [4.78, 5) is 23.3. The topological polar surface area (TPSA) is 66.8 Å². The molecule has 0 aliphatic carbocycles. The van der Waals surface area contributed by atoms with Crippen molar-refractivity contribution in [2.45, 2.75) is 45.0 Å². The van der Waals surface area contributed by atoms with Gasteiger partial charge in [-0.1, -0.05) is 0 Å². The van der Waals surface area contributed by atoms with E-state index in [1.807, 2.05) is 0 Å². The number of halogens is 3. The Morgan fingerprint density at radius 1 is 1.26 bits per heavy atom. The molecule has 19 heavy (non-hydrogen) atoms. The lowest BCUT2D eigenvalue weighted by molar-refractivity contribution is -0.170. The summed E-state index contributed by atoms with van der Waals surface area (Å²) < 4.78 is 42.7. The van der Waals surface area contributed by atoms with E-state index in [4.69, 9.17) is 9.84 Å². The normalized spacial score (nSPS) is 24.4. The van der Waals surface area contributed by atoms with Crippen molar-refractivity contribution in [1.29, 1.82) is 0 Å². The Bertz CT molecular complexity index is 375. The van der Waals surface area contributed by atoms with Crippen molar-refractivity contribution in [3.8, 4) is 0 Å². The second-order valence-electron chi connectivity index (χ2n) is 5.46. The molecule has 1 N–H and O–H groups in total. The fourth-order valence-corrected chi connectivity index (χ4v) is 1.83. The highest BCUT2D eigenvalue weighted by atomic mass is 19.4. The van der Waals surface area contributed by atoms with Crippen LogP contribution < -0.4 is 0 Å². The van der Waals surface area contributed by atoms with E-state index < -0.39 is 48.8 Å². The van der Waals surface area contributed by atoms with Gasteiger partial charge in [-0.25, -0.2) is 9.59 Å². The number of ether oxygens (including phenoxy) is 1. The number of carboxylic acid groups (broad SMARTS) is 1. The quantitative estimate of drug-likeness (QED) is 0.801. The van der Waals surface area contributed by atoms with Crippen LogP contribution in [0.3, 0.4) is 0 Å². The van der Waals surface area contributed by atoms with Crippen LogP contribution in [-0.4, -0.2) is 46.4 Å². The number of amides is 1. The fraction of sp³-hybridized carbons (Fsp3) is 0.818. The van der Waals surface area contributed by atoms with Crippen LogP contribution in [0.5, 0.6) is 0 Å². The molecule has 1 aliphatic rings. The summed E-state index contributed by atoms with van der Waals surface area (Å²) in [5.41, 5.74) is -0.892. The predicted octanol–water partition coefficient (Wildman–Crippen LogP) is 2.26. The Hall–Kier alpha value is -1.47. The number of carbonyl (C=O) groups excluding carboxylic acids is 1. The third kappa shape index (κ3) is 4.00. The minimum atomic E-state index is -4.52. The van der Waals surface area contributed by atoms with Gasteiger partial charge in [-0.15, -0.1) is 0 Å². The van der Waals surface area contributed by atoms with Crippen LogP contribution in [0.15, 0.2) is 0 Å². The summed E-state index contributed by atoms with van der Waals surface area (Å²) in [6, 6.07) is -1.50. The molecule has 1 rings (SSSR count). The molecule has 0 saturated carbocycles. The zero-order valence-corrected chi connectivity index (χ0v) is 10.8. The zero-order chi connectivity index (χ0) is 15.0. The van der Waals surface area contributed by atoms with Gasteiger partial charge in [0.15, 0.2) is 0 Å². The molecule has 0 aromatic carbocycles. The van der Waals surface area contributed by atoms with E-state index >= 15 is 0 Å². The SMILES string of the molecule is CC(C)(C)OC(=O)N1C[C@@H](C(F)(F)F)C[C@@H]1C(=O)O. The van der Waals surface area contributed by atoms with Crippen molar-refractivity contribution < 1.29 is 32.6 Å². The van der Waals surface area contributed by atoms with Crippen LogP contribution in [0.4, 0.5) is 18.0 Å². The summed E-state index contributed by atoms with van der Waals surface area (Å²) in [6.45, 7) is 3.98. The smallest absolute Gasteiger partial charge is 0.411 e. The first kappa shape index (κ1) is 15.6. The van der Waals surface area contributed by atoms with Crippen molar-refractivity contribution >= 4 is 12.1 Å². The van der Waals surface area contributed by atoms with Crippen molar-refractivity contribution in [2.75, 3.05) is 6.54 Å². The largest absolute Gasteiger partial charge is 0.480 e. The third-order valence-corrected chi connectivity index (χ3v) is 2.68. The average Bonchev–Trinajstić information content (AvgIpc) is 2.57. The second-order valence-corrected chi connectivity index (χ2v) is 5.46. The van der Waals surface area contributed by atoms with Crippen molar-refractivity contribution in [3.63, 3.8) is 0 Å². The van der Waals surface area contributed by atoms with Crippen LogP contribution >= 0.6 is 0 Å². The molecule has 0 unspecified atom stereocenters. The molecule has 0 aromatic rings. The molecular formula is C11H16F3NO4. The lowest BCUT2D eigenvalue weighted by atomic mass is 10.1. The molecule has 1 amide bonds. The number of alkyl halides is 3. The first-order valence-corrected chi connectivity index (χ1v) is 5.71. The van der Waals surface area contributed by atoms with Gasteiger partial charge in [0.1, 0.15) is 11.6 Å². The van der Waals surface area contributed by atoms with E-state index in [0.717, 1.165) is 0 Å². The minimum Gasteiger partial charge on any atom is -0.480 e. The van der Waals surface area contributed by atoms with Crippen LogP contribution in [0.2, 0.25) is 0 Å². The summed E-state index contributed by atoms with van der Waals surface area (Å²) in [5, 5.41) is 8.90. The lowest BCUT2D eigenvalue weighted by Gasteiger charge is -2.26. The summed E-state index contributed by atoms with van der Waals surface area (Å²) in [5.74, 6) is -3.29. The number of hydrogen-bond donors (Lipinski definition) is 1. The number of hydrogen-bond acceptors (Lipinski definition) is 3. The van der Waals surface area contributed by atoms with Crippen molar-refractivity contribution in [2.24, 2.45) is 5.92 Å². The van der Waals surface area contributed by atoms with E-state index in [0.29, 0.717) is 4.90 Å². The Morgan fingerprint density at radius 2 is 1.79 bits per heavy atom. The maximum atomic E-state index is 12.6. The zero-order valence-electron chi connectivity index (χ0n) is 10.8.